The molecule has 0 aromatic heterocycles. The van der Waals surface area contributed by atoms with Crippen LogP contribution in [0, 0.1) is 5.92 Å². The summed E-state index contributed by atoms with van der Waals surface area (Å²) in [6.07, 6.45) is 4.54. The Bertz CT molecular complexity index is 85.9. The SMILES string of the molecule is CCC(C)CNCCCCCO. The first kappa shape index (κ1) is 11.9. The summed E-state index contributed by atoms with van der Waals surface area (Å²) < 4.78 is 0. The molecule has 0 aliphatic heterocycles. The third-order valence-electron chi connectivity index (χ3n) is 2.20. The highest BCUT2D eigenvalue weighted by Crippen LogP contribution is 1.98. The lowest BCUT2D eigenvalue weighted by molar-refractivity contribution is 0.282. The Morgan fingerprint density at radius 1 is 1.25 bits per heavy atom. The topological polar surface area (TPSA) is 32.3 Å². The van der Waals surface area contributed by atoms with E-state index in [1.807, 2.05) is 0 Å². The number of aliphatic hydroxyl groups is 1. The van der Waals surface area contributed by atoms with Gasteiger partial charge in [0.05, 0.1) is 0 Å². The summed E-state index contributed by atoms with van der Waals surface area (Å²) in [5, 5.41) is 11.9. The molecule has 74 valence electrons. The van der Waals surface area contributed by atoms with Gasteiger partial charge in [0, 0.05) is 6.61 Å². The number of hydrogen-bond donors (Lipinski definition) is 2. The van der Waals surface area contributed by atoms with Crippen molar-refractivity contribution in [3.8, 4) is 0 Å². The van der Waals surface area contributed by atoms with Crippen LogP contribution in [0.4, 0.5) is 0 Å². The Labute approximate surface area is 76.4 Å². The second kappa shape index (κ2) is 9.01. The summed E-state index contributed by atoms with van der Waals surface area (Å²) in [6, 6.07) is 0. The Balaban J connectivity index is 2.90. The molecule has 12 heavy (non-hydrogen) atoms. The first-order chi connectivity index (χ1) is 5.81. The van der Waals surface area contributed by atoms with Gasteiger partial charge in [0.25, 0.3) is 0 Å². The van der Waals surface area contributed by atoms with Crippen molar-refractivity contribution in [2.75, 3.05) is 19.7 Å². The smallest absolute Gasteiger partial charge is 0.0431 e. The van der Waals surface area contributed by atoms with Gasteiger partial charge < -0.3 is 10.4 Å². The number of unbranched alkanes of at least 4 members (excludes halogenated alkanes) is 2. The Kier molecular flexibility index (Phi) is 8.95. The highest BCUT2D eigenvalue weighted by atomic mass is 16.2. The van der Waals surface area contributed by atoms with E-state index in [1.54, 1.807) is 0 Å². The van der Waals surface area contributed by atoms with Gasteiger partial charge >= 0.3 is 0 Å². The van der Waals surface area contributed by atoms with Crippen LogP contribution in [0.1, 0.15) is 39.5 Å². The number of nitrogens with one attached hydrogen (secondary N) is 1. The molecule has 0 fully saturated rings. The zero-order valence-corrected chi connectivity index (χ0v) is 8.47. The summed E-state index contributed by atoms with van der Waals surface area (Å²) in [6.45, 7) is 7.06. The van der Waals surface area contributed by atoms with Gasteiger partial charge in [-0.05, 0) is 38.3 Å². The van der Waals surface area contributed by atoms with E-state index in [4.69, 9.17) is 5.11 Å². The summed E-state index contributed by atoms with van der Waals surface area (Å²) in [7, 11) is 0. The molecule has 2 heteroatoms. The molecular formula is C10H23NO. The van der Waals surface area contributed by atoms with Crippen LogP contribution in [-0.2, 0) is 0 Å². The Morgan fingerprint density at radius 3 is 2.58 bits per heavy atom. The summed E-state index contributed by atoms with van der Waals surface area (Å²) in [5.41, 5.74) is 0. The average Bonchev–Trinajstić information content (AvgIpc) is 2.10. The normalized spacial score (nSPS) is 13.2. The first-order valence-electron chi connectivity index (χ1n) is 5.12. The molecule has 0 aromatic carbocycles. The van der Waals surface area contributed by atoms with E-state index in [2.05, 4.69) is 19.2 Å². The molecule has 0 aliphatic rings. The van der Waals surface area contributed by atoms with E-state index in [9.17, 15) is 0 Å². The van der Waals surface area contributed by atoms with Crippen LogP contribution < -0.4 is 5.32 Å². The van der Waals surface area contributed by atoms with E-state index in [0.717, 1.165) is 31.8 Å². The van der Waals surface area contributed by atoms with Crippen LogP contribution in [0.15, 0.2) is 0 Å². The maximum absolute atomic E-state index is 8.53. The van der Waals surface area contributed by atoms with Crippen LogP contribution in [0.5, 0.6) is 0 Å². The lowest BCUT2D eigenvalue weighted by atomic mass is 10.1. The van der Waals surface area contributed by atoms with Crippen molar-refractivity contribution in [2.24, 2.45) is 5.92 Å². The van der Waals surface area contributed by atoms with Gasteiger partial charge in [0.15, 0.2) is 0 Å². The van der Waals surface area contributed by atoms with Crippen molar-refractivity contribution in [2.45, 2.75) is 39.5 Å². The molecule has 0 aliphatic carbocycles. The predicted molar refractivity (Wildman–Crippen MR) is 53.3 cm³/mol. The Hall–Kier alpha value is -0.0800. The van der Waals surface area contributed by atoms with Crippen molar-refractivity contribution in [1.29, 1.82) is 0 Å². The van der Waals surface area contributed by atoms with Crippen LogP contribution in [0.3, 0.4) is 0 Å². The third-order valence-corrected chi connectivity index (χ3v) is 2.20. The predicted octanol–water partition coefficient (Wildman–Crippen LogP) is 1.78. The fourth-order valence-electron chi connectivity index (χ4n) is 1.03. The molecule has 0 rings (SSSR count). The number of hydrogen-bond acceptors (Lipinski definition) is 2. The lowest BCUT2D eigenvalue weighted by Crippen LogP contribution is -2.21. The van der Waals surface area contributed by atoms with Gasteiger partial charge in [-0.2, -0.15) is 0 Å². The first-order valence-corrected chi connectivity index (χ1v) is 5.12. The van der Waals surface area contributed by atoms with Gasteiger partial charge in [-0.25, -0.2) is 0 Å². The highest BCUT2D eigenvalue weighted by Gasteiger charge is 1.96. The van der Waals surface area contributed by atoms with Gasteiger partial charge in [0.2, 0.25) is 0 Å². The van der Waals surface area contributed by atoms with Crippen molar-refractivity contribution >= 4 is 0 Å². The third kappa shape index (κ3) is 8.02. The van der Waals surface area contributed by atoms with Crippen LogP contribution in [-0.4, -0.2) is 24.8 Å². The van der Waals surface area contributed by atoms with E-state index in [0.29, 0.717) is 6.61 Å². The van der Waals surface area contributed by atoms with E-state index in [1.165, 1.54) is 12.8 Å². The average molecular weight is 173 g/mol. The van der Waals surface area contributed by atoms with Crippen LogP contribution >= 0.6 is 0 Å². The minimum atomic E-state index is 0.339. The van der Waals surface area contributed by atoms with Crippen molar-refractivity contribution < 1.29 is 5.11 Å². The zero-order valence-electron chi connectivity index (χ0n) is 8.47. The molecule has 0 aromatic rings. The molecule has 1 atom stereocenters. The molecule has 1 unspecified atom stereocenters. The second-order valence-corrected chi connectivity index (χ2v) is 3.50. The minimum Gasteiger partial charge on any atom is -0.396 e. The fourth-order valence-corrected chi connectivity index (χ4v) is 1.03. The Morgan fingerprint density at radius 2 is 2.00 bits per heavy atom. The van der Waals surface area contributed by atoms with E-state index >= 15 is 0 Å². The van der Waals surface area contributed by atoms with Crippen molar-refractivity contribution in [1.82, 2.24) is 5.32 Å². The molecule has 0 saturated heterocycles. The molecule has 2 N–H and O–H groups in total. The molecule has 0 bridgehead atoms. The molecule has 2 nitrogen and oxygen atoms in total. The zero-order chi connectivity index (χ0) is 9.23. The quantitative estimate of drug-likeness (QED) is 0.548. The lowest BCUT2D eigenvalue weighted by Gasteiger charge is -2.09. The minimum absolute atomic E-state index is 0.339. The van der Waals surface area contributed by atoms with E-state index in [-0.39, 0.29) is 0 Å². The standard InChI is InChI=1S/C10H23NO/c1-3-10(2)9-11-7-5-4-6-8-12/h10-12H,3-9H2,1-2H3. The maximum Gasteiger partial charge on any atom is 0.0431 e. The monoisotopic (exact) mass is 173 g/mol. The number of rotatable bonds is 8. The molecule has 0 radical (unpaired) electrons. The van der Waals surface area contributed by atoms with Crippen molar-refractivity contribution in [3.05, 3.63) is 0 Å². The molecule has 0 spiro atoms. The second-order valence-electron chi connectivity index (χ2n) is 3.50. The summed E-state index contributed by atoms with van der Waals surface area (Å²) in [4.78, 5) is 0. The van der Waals surface area contributed by atoms with Gasteiger partial charge in [-0.1, -0.05) is 20.3 Å². The van der Waals surface area contributed by atoms with Crippen LogP contribution in [0.2, 0.25) is 0 Å². The highest BCUT2D eigenvalue weighted by molar-refractivity contribution is 4.54. The maximum atomic E-state index is 8.53. The summed E-state index contributed by atoms with van der Waals surface area (Å²) >= 11 is 0. The molecule has 0 saturated carbocycles. The fraction of sp³-hybridized carbons (Fsp3) is 1.00. The number of aliphatic hydroxyl groups excluding tert-OH is 1. The van der Waals surface area contributed by atoms with Gasteiger partial charge in [-0.15, -0.1) is 0 Å². The largest absolute Gasteiger partial charge is 0.396 e. The van der Waals surface area contributed by atoms with E-state index < -0.39 is 0 Å². The molecule has 0 amide bonds. The van der Waals surface area contributed by atoms with Gasteiger partial charge in [0.1, 0.15) is 0 Å². The van der Waals surface area contributed by atoms with Crippen molar-refractivity contribution in [3.63, 3.8) is 0 Å². The van der Waals surface area contributed by atoms with Crippen LogP contribution in [0.25, 0.3) is 0 Å². The van der Waals surface area contributed by atoms with Gasteiger partial charge in [-0.3, -0.25) is 0 Å². The molecule has 0 heterocycles. The summed E-state index contributed by atoms with van der Waals surface area (Å²) in [5.74, 6) is 0.794. The molecular weight excluding hydrogens is 150 g/mol.